The number of nitrogens with zero attached hydrogens (tertiary/aromatic N) is 5. The van der Waals surface area contributed by atoms with Crippen molar-refractivity contribution in [1.82, 2.24) is 30.1 Å². The zero-order chi connectivity index (χ0) is 23.2. The predicted octanol–water partition coefficient (Wildman–Crippen LogP) is 4.39. The van der Waals surface area contributed by atoms with E-state index < -0.39 is 0 Å². The van der Waals surface area contributed by atoms with Gasteiger partial charge in [0.05, 0.1) is 6.04 Å². The van der Waals surface area contributed by atoms with Gasteiger partial charge in [-0.2, -0.15) is 0 Å². The molecule has 3 heterocycles. The topological polar surface area (TPSA) is 79.7 Å². The quantitative estimate of drug-likeness (QED) is 0.495. The van der Waals surface area contributed by atoms with Gasteiger partial charge in [0.25, 0.3) is 5.56 Å². The Labute approximate surface area is 198 Å². The van der Waals surface area contributed by atoms with Crippen LogP contribution in [-0.2, 0) is 13.0 Å². The fourth-order valence-corrected chi connectivity index (χ4v) is 5.72. The fourth-order valence-electron chi connectivity index (χ4n) is 5.72. The molecule has 1 N–H and O–H groups in total. The summed E-state index contributed by atoms with van der Waals surface area (Å²) in [6.07, 6.45) is 5.50. The number of benzene rings is 2. The van der Waals surface area contributed by atoms with E-state index in [0.29, 0.717) is 11.6 Å². The molecule has 0 radical (unpaired) electrons. The van der Waals surface area contributed by atoms with Gasteiger partial charge in [0, 0.05) is 24.2 Å². The van der Waals surface area contributed by atoms with Crippen LogP contribution in [0.2, 0.25) is 0 Å². The summed E-state index contributed by atoms with van der Waals surface area (Å²) in [6, 6.07) is 14.9. The van der Waals surface area contributed by atoms with Gasteiger partial charge in [-0.25, -0.2) is 4.68 Å². The number of aromatic amines is 1. The summed E-state index contributed by atoms with van der Waals surface area (Å²) in [5.41, 5.74) is 6.59. The second-order valence-corrected chi connectivity index (χ2v) is 9.89. The summed E-state index contributed by atoms with van der Waals surface area (Å²) < 4.78 is 2.00. The Morgan fingerprint density at radius 2 is 1.79 bits per heavy atom. The van der Waals surface area contributed by atoms with Crippen molar-refractivity contribution in [3.63, 3.8) is 0 Å². The number of aryl methyl sites for hydroxylation is 2. The number of fused-ring (bicyclic) bond motifs is 2. The van der Waals surface area contributed by atoms with E-state index in [2.05, 4.69) is 81.7 Å². The van der Waals surface area contributed by atoms with Crippen LogP contribution in [-0.4, -0.2) is 36.6 Å². The number of tetrazole rings is 1. The molecule has 7 heteroatoms. The lowest BCUT2D eigenvalue weighted by molar-refractivity contribution is 0.190. The number of hydrogen-bond donors (Lipinski definition) is 1. The Kier molecular flexibility index (Phi) is 5.29. The van der Waals surface area contributed by atoms with E-state index in [9.17, 15) is 4.79 Å². The molecule has 2 aromatic carbocycles. The molecular weight excluding hydrogens is 424 g/mol. The zero-order valence-corrected chi connectivity index (χ0v) is 19.8. The molecule has 34 heavy (non-hydrogen) atoms. The Morgan fingerprint density at radius 3 is 2.62 bits per heavy atom. The van der Waals surface area contributed by atoms with Crippen LogP contribution in [0.15, 0.2) is 47.3 Å². The van der Waals surface area contributed by atoms with Gasteiger partial charge < -0.3 is 4.98 Å². The molecule has 1 aliphatic carbocycles. The Bertz CT molecular complexity index is 1410. The Morgan fingerprint density at radius 1 is 1.03 bits per heavy atom. The zero-order valence-electron chi connectivity index (χ0n) is 19.8. The van der Waals surface area contributed by atoms with Crippen LogP contribution in [0.5, 0.6) is 0 Å². The second kappa shape index (κ2) is 8.47. The van der Waals surface area contributed by atoms with E-state index in [1.807, 2.05) is 4.68 Å². The highest BCUT2D eigenvalue weighted by Gasteiger charge is 2.34. The SMILES string of the molecule is Cc1cc2cc(C(c3nnnn3C3CCCC3)N3CCc4ccccc4C3)c(=O)[nH]c2cc1C. The van der Waals surface area contributed by atoms with Gasteiger partial charge in [-0.3, -0.25) is 9.69 Å². The maximum absolute atomic E-state index is 13.5. The third-order valence-corrected chi connectivity index (χ3v) is 7.74. The summed E-state index contributed by atoms with van der Waals surface area (Å²) >= 11 is 0. The molecule has 0 bridgehead atoms. The first-order valence-electron chi connectivity index (χ1n) is 12.3. The van der Waals surface area contributed by atoms with Crippen molar-refractivity contribution in [2.45, 2.75) is 64.6 Å². The van der Waals surface area contributed by atoms with Crippen molar-refractivity contribution in [1.29, 1.82) is 0 Å². The molecule has 0 spiro atoms. The lowest BCUT2D eigenvalue weighted by Crippen LogP contribution is -2.39. The largest absolute Gasteiger partial charge is 0.322 e. The number of nitrogens with one attached hydrogen (secondary N) is 1. The van der Waals surface area contributed by atoms with Gasteiger partial charge in [-0.15, -0.1) is 5.10 Å². The molecule has 1 saturated carbocycles. The van der Waals surface area contributed by atoms with Gasteiger partial charge >= 0.3 is 0 Å². The summed E-state index contributed by atoms with van der Waals surface area (Å²) in [5.74, 6) is 0.778. The minimum atomic E-state index is -0.307. The van der Waals surface area contributed by atoms with Gasteiger partial charge in [0.2, 0.25) is 0 Å². The van der Waals surface area contributed by atoms with E-state index in [0.717, 1.165) is 49.1 Å². The third-order valence-electron chi connectivity index (χ3n) is 7.74. The molecule has 1 atom stereocenters. The normalized spacial score (nSPS) is 17.8. The van der Waals surface area contributed by atoms with E-state index in [1.165, 1.54) is 35.1 Å². The smallest absolute Gasteiger partial charge is 0.253 e. The predicted molar refractivity (Wildman–Crippen MR) is 132 cm³/mol. The molecule has 1 unspecified atom stereocenters. The maximum atomic E-state index is 13.5. The molecule has 2 aliphatic rings. The molecule has 7 nitrogen and oxygen atoms in total. The monoisotopic (exact) mass is 454 g/mol. The number of aromatic nitrogens is 5. The minimum absolute atomic E-state index is 0.0689. The summed E-state index contributed by atoms with van der Waals surface area (Å²) in [4.78, 5) is 19.1. The maximum Gasteiger partial charge on any atom is 0.253 e. The van der Waals surface area contributed by atoms with Gasteiger partial charge in [-0.1, -0.05) is 37.1 Å². The average Bonchev–Trinajstić information content (AvgIpc) is 3.53. The lowest BCUT2D eigenvalue weighted by Gasteiger charge is -2.35. The number of H-pyrrole nitrogens is 1. The third kappa shape index (κ3) is 3.64. The minimum Gasteiger partial charge on any atom is -0.322 e. The highest BCUT2D eigenvalue weighted by atomic mass is 16.1. The number of rotatable bonds is 4. The fraction of sp³-hybridized carbons (Fsp3) is 0.407. The summed E-state index contributed by atoms with van der Waals surface area (Å²) in [7, 11) is 0. The standard InChI is InChI=1S/C27H30N6O/c1-17-13-21-15-23(27(34)28-24(21)14-18(17)2)25(26-29-30-31-33(26)22-9-5-6-10-22)32-12-11-19-7-3-4-8-20(19)16-32/h3-4,7-8,13-15,22,25H,5-6,9-12,16H2,1-2H3,(H,28,34). The van der Waals surface area contributed by atoms with Crippen LogP contribution < -0.4 is 5.56 Å². The molecule has 0 amide bonds. The van der Waals surface area contributed by atoms with Crippen molar-refractivity contribution < 1.29 is 0 Å². The molecular formula is C27H30N6O. The molecule has 1 aliphatic heterocycles. The van der Waals surface area contributed by atoms with Crippen LogP contribution in [0.1, 0.15) is 71.4 Å². The van der Waals surface area contributed by atoms with E-state index in [4.69, 9.17) is 0 Å². The Balaban J connectivity index is 1.51. The van der Waals surface area contributed by atoms with Crippen LogP contribution >= 0.6 is 0 Å². The molecule has 0 saturated heterocycles. The Hall–Kier alpha value is -3.32. The first-order chi connectivity index (χ1) is 16.6. The highest BCUT2D eigenvalue weighted by molar-refractivity contribution is 5.81. The van der Waals surface area contributed by atoms with Crippen molar-refractivity contribution in [3.05, 3.63) is 86.5 Å². The van der Waals surface area contributed by atoms with E-state index >= 15 is 0 Å². The molecule has 1 fully saturated rings. The molecule has 4 aromatic rings. The van der Waals surface area contributed by atoms with Crippen molar-refractivity contribution in [3.8, 4) is 0 Å². The second-order valence-electron chi connectivity index (χ2n) is 9.89. The molecule has 174 valence electrons. The molecule has 6 rings (SSSR count). The number of pyridine rings is 1. The molecule has 2 aromatic heterocycles. The highest BCUT2D eigenvalue weighted by Crippen LogP contribution is 2.36. The lowest BCUT2D eigenvalue weighted by atomic mass is 9.95. The van der Waals surface area contributed by atoms with Crippen molar-refractivity contribution in [2.24, 2.45) is 0 Å². The first-order valence-corrected chi connectivity index (χ1v) is 12.3. The van der Waals surface area contributed by atoms with Crippen LogP contribution in [0.3, 0.4) is 0 Å². The van der Waals surface area contributed by atoms with Crippen LogP contribution in [0.25, 0.3) is 10.9 Å². The van der Waals surface area contributed by atoms with Crippen molar-refractivity contribution in [2.75, 3.05) is 6.54 Å². The van der Waals surface area contributed by atoms with Crippen molar-refractivity contribution >= 4 is 10.9 Å². The van der Waals surface area contributed by atoms with Gasteiger partial charge in [0.1, 0.15) is 6.04 Å². The van der Waals surface area contributed by atoms with Gasteiger partial charge in [0.15, 0.2) is 5.82 Å². The summed E-state index contributed by atoms with van der Waals surface area (Å²) in [6.45, 7) is 5.80. The van der Waals surface area contributed by atoms with E-state index in [1.54, 1.807) is 0 Å². The van der Waals surface area contributed by atoms with E-state index in [-0.39, 0.29) is 11.6 Å². The van der Waals surface area contributed by atoms with Crippen LogP contribution in [0.4, 0.5) is 0 Å². The van der Waals surface area contributed by atoms with Crippen LogP contribution in [0, 0.1) is 13.8 Å². The number of hydrogen-bond acceptors (Lipinski definition) is 5. The average molecular weight is 455 g/mol. The summed E-state index contributed by atoms with van der Waals surface area (Å²) in [5, 5.41) is 14.1. The van der Waals surface area contributed by atoms with Gasteiger partial charge in [-0.05, 0) is 89.4 Å². The first kappa shape index (κ1) is 21.2.